The first-order valence-corrected chi connectivity index (χ1v) is 13.5. The Labute approximate surface area is 235 Å². The molecule has 0 aromatic heterocycles. The van der Waals surface area contributed by atoms with Crippen LogP contribution in [0.25, 0.3) is 10.8 Å². The smallest absolute Gasteiger partial charge is 0.336 e. The maximum atomic E-state index is 13.2. The van der Waals surface area contributed by atoms with E-state index in [-0.39, 0.29) is 17.0 Å². The predicted molar refractivity (Wildman–Crippen MR) is 157 cm³/mol. The Bertz CT molecular complexity index is 1570. The number of anilines is 2. The number of carbonyl (C=O) groups is 3. The van der Waals surface area contributed by atoms with Crippen molar-refractivity contribution >= 4 is 63.3 Å². The Morgan fingerprint density at radius 3 is 2.33 bits per heavy atom. The van der Waals surface area contributed by atoms with Gasteiger partial charge >= 0.3 is 5.97 Å². The number of fused-ring (bicyclic) bond motifs is 1. The molecule has 0 saturated carbocycles. The monoisotopic (exact) mass is 562 g/mol. The van der Waals surface area contributed by atoms with Crippen molar-refractivity contribution in [2.45, 2.75) is 30.4 Å². The van der Waals surface area contributed by atoms with Gasteiger partial charge in [0.15, 0.2) is 0 Å². The molecule has 0 bridgehead atoms. The number of aryl methyl sites for hydroxylation is 1. The SMILES string of the molecule is CCC(Sc1cccc(NC(=O)c2cccc3cccc(C(=O)O)c23)c1)C(=O)Nc1cc(C)c(Cl)cc1OC. The van der Waals surface area contributed by atoms with E-state index in [0.717, 1.165) is 10.5 Å². The van der Waals surface area contributed by atoms with Gasteiger partial charge in [-0.25, -0.2) is 4.79 Å². The van der Waals surface area contributed by atoms with Crippen LogP contribution in [0.3, 0.4) is 0 Å². The minimum Gasteiger partial charge on any atom is -0.495 e. The zero-order valence-electron chi connectivity index (χ0n) is 21.6. The first-order chi connectivity index (χ1) is 18.7. The summed E-state index contributed by atoms with van der Waals surface area (Å²) in [4.78, 5) is 38.9. The molecular formula is C30H27ClN2O5S. The minimum absolute atomic E-state index is 0.0619. The van der Waals surface area contributed by atoms with Crippen molar-refractivity contribution in [3.05, 3.63) is 94.5 Å². The highest BCUT2D eigenvalue weighted by Gasteiger charge is 2.21. The van der Waals surface area contributed by atoms with Gasteiger partial charge in [-0.15, -0.1) is 11.8 Å². The van der Waals surface area contributed by atoms with E-state index in [2.05, 4.69) is 10.6 Å². The van der Waals surface area contributed by atoms with Crippen LogP contribution in [0.1, 0.15) is 39.6 Å². The van der Waals surface area contributed by atoms with Crippen molar-refractivity contribution in [2.75, 3.05) is 17.7 Å². The van der Waals surface area contributed by atoms with Crippen molar-refractivity contribution < 1.29 is 24.2 Å². The minimum atomic E-state index is -1.10. The lowest BCUT2D eigenvalue weighted by Crippen LogP contribution is -2.24. The van der Waals surface area contributed by atoms with Crippen LogP contribution in [-0.4, -0.2) is 35.2 Å². The fraction of sp³-hybridized carbons (Fsp3) is 0.167. The number of carboxylic acid groups (broad SMARTS) is 1. The highest BCUT2D eigenvalue weighted by molar-refractivity contribution is 8.00. The molecule has 39 heavy (non-hydrogen) atoms. The Balaban J connectivity index is 1.52. The molecule has 9 heteroatoms. The molecule has 0 heterocycles. The molecule has 0 aliphatic rings. The number of benzene rings is 4. The van der Waals surface area contributed by atoms with Gasteiger partial charge in [0.05, 0.1) is 23.6 Å². The van der Waals surface area contributed by atoms with Gasteiger partial charge in [0.25, 0.3) is 5.91 Å². The summed E-state index contributed by atoms with van der Waals surface area (Å²) in [6.07, 6.45) is 0.565. The van der Waals surface area contributed by atoms with Crippen LogP contribution in [0.2, 0.25) is 5.02 Å². The number of amides is 2. The highest BCUT2D eigenvalue weighted by atomic mass is 35.5. The van der Waals surface area contributed by atoms with E-state index in [9.17, 15) is 19.5 Å². The van der Waals surface area contributed by atoms with Gasteiger partial charge in [0.1, 0.15) is 5.75 Å². The maximum Gasteiger partial charge on any atom is 0.336 e. The van der Waals surface area contributed by atoms with Gasteiger partial charge in [0.2, 0.25) is 5.91 Å². The third-order valence-electron chi connectivity index (χ3n) is 6.15. The first kappa shape index (κ1) is 28.0. The summed E-state index contributed by atoms with van der Waals surface area (Å²) < 4.78 is 5.37. The fourth-order valence-corrected chi connectivity index (χ4v) is 5.35. The average Bonchev–Trinajstić information content (AvgIpc) is 2.92. The van der Waals surface area contributed by atoms with Crippen molar-refractivity contribution in [3.8, 4) is 5.75 Å². The van der Waals surface area contributed by atoms with Crippen molar-refractivity contribution in [2.24, 2.45) is 0 Å². The number of ether oxygens (including phenoxy) is 1. The van der Waals surface area contributed by atoms with Crippen LogP contribution in [0, 0.1) is 6.92 Å². The van der Waals surface area contributed by atoms with Crippen LogP contribution in [0.5, 0.6) is 5.75 Å². The van der Waals surface area contributed by atoms with E-state index in [1.54, 1.807) is 60.7 Å². The Morgan fingerprint density at radius 1 is 0.974 bits per heavy atom. The molecule has 0 radical (unpaired) electrons. The first-order valence-electron chi connectivity index (χ1n) is 12.2. The normalized spacial score (nSPS) is 11.6. The van der Waals surface area contributed by atoms with E-state index in [0.29, 0.717) is 39.3 Å². The molecule has 2 amide bonds. The third kappa shape index (κ3) is 6.35. The molecule has 1 atom stereocenters. The van der Waals surface area contributed by atoms with Gasteiger partial charge in [-0.05, 0) is 60.7 Å². The van der Waals surface area contributed by atoms with Gasteiger partial charge < -0.3 is 20.5 Å². The van der Waals surface area contributed by atoms with Crippen molar-refractivity contribution in [1.29, 1.82) is 0 Å². The maximum absolute atomic E-state index is 13.2. The molecule has 4 rings (SSSR count). The van der Waals surface area contributed by atoms with E-state index < -0.39 is 17.1 Å². The molecular weight excluding hydrogens is 536 g/mol. The van der Waals surface area contributed by atoms with E-state index in [4.69, 9.17) is 16.3 Å². The number of hydrogen-bond acceptors (Lipinski definition) is 5. The second kappa shape index (κ2) is 12.2. The summed E-state index contributed by atoms with van der Waals surface area (Å²) in [6, 6.07) is 20.6. The fourth-order valence-electron chi connectivity index (χ4n) is 4.18. The molecule has 3 N–H and O–H groups in total. The Morgan fingerprint density at radius 2 is 1.67 bits per heavy atom. The van der Waals surface area contributed by atoms with E-state index >= 15 is 0 Å². The van der Waals surface area contributed by atoms with Gasteiger partial charge in [-0.2, -0.15) is 0 Å². The predicted octanol–water partition coefficient (Wildman–Crippen LogP) is 7.27. The Kier molecular flexibility index (Phi) is 8.79. The summed E-state index contributed by atoms with van der Waals surface area (Å²) >= 11 is 7.56. The van der Waals surface area contributed by atoms with Crippen LogP contribution in [0.4, 0.5) is 11.4 Å². The average molecular weight is 563 g/mol. The van der Waals surface area contributed by atoms with Gasteiger partial charge in [-0.3, -0.25) is 9.59 Å². The number of nitrogens with one attached hydrogen (secondary N) is 2. The lowest BCUT2D eigenvalue weighted by Gasteiger charge is -2.17. The number of carbonyl (C=O) groups excluding carboxylic acids is 2. The van der Waals surface area contributed by atoms with E-state index in [1.807, 2.05) is 19.9 Å². The quantitative estimate of drug-likeness (QED) is 0.185. The van der Waals surface area contributed by atoms with Gasteiger partial charge in [-0.1, -0.05) is 48.9 Å². The number of carboxylic acids is 1. The number of methoxy groups -OCH3 is 1. The molecule has 7 nitrogen and oxygen atoms in total. The summed E-state index contributed by atoms with van der Waals surface area (Å²) in [6.45, 7) is 3.78. The summed E-state index contributed by atoms with van der Waals surface area (Å²) in [5.74, 6) is -1.24. The summed E-state index contributed by atoms with van der Waals surface area (Å²) in [5.41, 5.74) is 2.22. The molecule has 0 fully saturated rings. The number of rotatable bonds is 9. The third-order valence-corrected chi connectivity index (χ3v) is 7.92. The number of halogens is 1. The number of thioether (sulfide) groups is 1. The zero-order valence-corrected chi connectivity index (χ0v) is 23.2. The van der Waals surface area contributed by atoms with Crippen LogP contribution < -0.4 is 15.4 Å². The number of hydrogen-bond donors (Lipinski definition) is 3. The lowest BCUT2D eigenvalue weighted by atomic mass is 9.98. The molecule has 4 aromatic rings. The van der Waals surface area contributed by atoms with Gasteiger partial charge in [0, 0.05) is 32.6 Å². The van der Waals surface area contributed by atoms with E-state index in [1.165, 1.54) is 24.9 Å². The molecule has 0 aliphatic heterocycles. The Hall–Kier alpha value is -4.01. The van der Waals surface area contributed by atoms with Crippen molar-refractivity contribution in [1.82, 2.24) is 0 Å². The van der Waals surface area contributed by atoms with Crippen LogP contribution in [-0.2, 0) is 4.79 Å². The lowest BCUT2D eigenvalue weighted by molar-refractivity contribution is -0.115. The zero-order chi connectivity index (χ0) is 28.1. The second-order valence-electron chi connectivity index (χ2n) is 8.80. The largest absolute Gasteiger partial charge is 0.495 e. The molecule has 0 spiro atoms. The molecule has 1 unspecified atom stereocenters. The highest BCUT2D eigenvalue weighted by Crippen LogP contribution is 2.33. The molecule has 0 aliphatic carbocycles. The topological polar surface area (TPSA) is 105 Å². The molecule has 200 valence electrons. The standard InChI is InChI=1S/C30H27ClN2O5S/c1-4-26(29(35)33-24-14-17(2)23(31)16-25(24)38-3)39-20-11-7-10-19(15-20)32-28(34)21-12-5-8-18-9-6-13-22(27(18)21)30(36)37/h5-16,26H,4H2,1-3H3,(H,32,34)(H,33,35)(H,36,37). The molecule has 4 aromatic carbocycles. The van der Waals surface area contributed by atoms with Crippen molar-refractivity contribution in [3.63, 3.8) is 0 Å². The second-order valence-corrected chi connectivity index (χ2v) is 10.5. The number of aromatic carboxylic acids is 1. The molecule has 0 saturated heterocycles. The summed E-state index contributed by atoms with van der Waals surface area (Å²) in [5, 5.41) is 16.6. The van der Waals surface area contributed by atoms with Crippen LogP contribution >= 0.6 is 23.4 Å². The van der Waals surface area contributed by atoms with Crippen LogP contribution in [0.15, 0.2) is 77.7 Å². The summed E-state index contributed by atoms with van der Waals surface area (Å²) in [7, 11) is 1.52.